The van der Waals surface area contributed by atoms with Crippen molar-refractivity contribution in [3.63, 3.8) is 0 Å². The lowest BCUT2D eigenvalue weighted by atomic mass is 10.2. The zero-order valence-electron chi connectivity index (χ0n) is 11.5. The quantitative estimate of drug-likeness (QED) is 0.853. The Morgan fingerprint density at radius 3 is 2.81 bits per heavy atom. The van der Waals surface area contributed by atoms with Crippen molar-refractivity contribution in [3.8, 4) is 0 Å². The number of carbonyl (C=O) groups excluding carboxylic acids is 1. The summed E-state index contributed by atoms with van der Waals surface area (Å²) in [4.78, 5) is 16.4. The second kappa shape index (κ2) is 7.29. The minimum Gasteiger partial charge on any atom is -0.370 e. The summed E-state index contributed by atoms with van der Waals surface area (Å²) in [6, 6.07) is 8.26. The Balaban J connectivity index is 2.14. The van der Waals surface area contributed by atoms with Gasteiger partial charge in [0.1, 0.15) is 5.82 Å². The van der Waals surface area contributed by atoms with E-state index in [-0.39, 0.29) is 5.91 Å². The van der Waals surface area contributed by atoms with Gasteiger partial charge >= 0.3 is 0 Å². The van der Waals surface area contributed by atoms with Gasteiger partial charge < -0.3 is 10.6 Å². The van der Waals surface area contributed by atoms with Gasteiger partial charge in [0.2, 0.25) is 0 Å². The van der Waals surface area contributed by atoms with E-state index in [4.69, 9.17) is 23.2 Å². The highest BCUT2D eigenvalue weighted by atomic mass is 35.5. The molecule has 0 aliphatic rings. The van der Waals surface area contributed by atoms with Gasteiger partial charge in [-0.3, -0.25) is 4.79 Å². The molecule has 0 fully saturated rings. The van der Waals surface area contributed by atoms with Crippen LogP contribution in [-0.4, -0.2) is 17.4 Å². The van der Waals surface area contributed by atoms with Crippen molar-refractivity contribution in [2.75, 3.05) is 17.2 Å². The number of aromatic nitrogens is 1. The first kappa shape index (κ1) is 15.6. The highest BCUT2D eigenvalue weighted by Crippen LogP contribution is 2.26. The molecule has 0 atom stereocenters. The monoisotopic (exact) mass is 323 g/mol. The molecule has 110 valence electrons. The van der Waals surface area contributed by atoms with Crippen molar-refractivity contribution in [2.24, 2.45) is 0 Å². The smallest absolute Gasteiger partial charge is 0.255 e. The standard InChI is InChI=1S/C15H15Cl2N3O/c1-2-6-18-14-8-10(5-7-19-14)15(21)20-13-9-11(16)3-4-12(13)17/h3-5,7-9H,2,6H2,1H3,(H,18,19)(H,20,21). The van der Waals surface area contributed by atoms with E-state index in [2.05, 4.69) is 22.5 Å². The number of pyridine rings is 1. The van der Waals surface area contributed by atoms with Crippen molar-refractivity contribution in [1.82, 2.24) is 4.98 Å². The lowest BCUT2D eigenvalue weighted by Crippen LogP contribution is -2.13. The number of amides is 1. The van der Waals surface area contributed by atoms with Gasteiger partial charge in [-0.1, -0.05) is 30.1 Å². The minimum absolute atomic E-state index is 0.263. The van der Waals surface area contributed by atoms with Crippen LogP contribution in [0.2, 0.25) is 10.0 Å². The fourth-order valence-corrected chi connectivity index (χ4v) is 2.05. The van der Waals surface area contributed by atoms with Crippen LogP contribution in [0.1, 0.15) is 23.7 Å². The van der Waals surface area contributed by atoms with Gasteiger partial charge in [-0.2, -0.15) is 0 Å². The molecule has 21 heavy (non-hydrogen) atoms. The number of halogens is 2. The molecular weight excluding hydrogens is 309 g/mol. The number of anilines is 2. The van der Waals surface area contributed by atoms with Gasteiger partial charge in [-0.05, 0) is 36.8 Å². The molecule has 0 saturated heterocycles. The average Bonchev–Trinajstić information content (AvgIpc) is 2.49. The van der Waals surface area contributed by atoms with Gasteiger partial charge in [-0.15, -0.1) is 0 Å². The normalized spacial score (nSPS) is 10.2. The van der Waals surface area contributed by atoms with Crippen molar-refractivity contribution in [1.29, 1.82) is 0 Å². The van der Waals surface area contributed by atoms with Crippen LogP contribution < -0.4 is 10.6 Å². The van der Waals surface area contributed by atoms with Gasteiger partial charge in [-0.25, -0.2) is 4.98 Å². The number of nitrogens with zero attached hydrogens (tertiary/aromatic N) is 1. The maximum atomic E-state index is 12.2. The SMILES string of the molecule is CCCNc1cc(C(=O)Nc2cc(Cl)ccc2Cl)ccn1. The Hall–Kier alpha value is -1.78. The van der Waals surface area contributed by atoms with E-state index >= 15 is 0 Å². The summed E-state index contributed by atoms with van der Waals surface area (Å²) in [5.74, 6) is 0.405. The summed E-state index contributed by atoms with van der Waals surface area (Å²) in [5.41, 5.74) is 0.980. The number of nitrogens with one attached hydrogen (secondary N) is 2. The minimum atomic E-state index is -0.263. The topological polar surface area (TPSA) is 54.0 Å². The predicted molar refractivity (Wildman–Crippen MR) is 87.4 cm³/mol. The van der Waals surface area contributed by atoms with Crippen LogP contribution in [0.5, 0.6) is 0 Å². The molecule has 4 nitrogen and oxygen atoms in total. The van der Waals surface area contributed by atoms with E-state index in [0.29, 0.717) is 27.1 Å². The summed E-state index contributed by atoms with van der Waals surface area (Å²) in [6.07, 6.45) is 2.57. The van der Waals surface area contributed by atoms with E-state index in [0.717, 1.165) is 13.0 Å². The third-order valence-corrected chi connectivity index (χ3v) is 3.32. The Kier molecular flexibility index (Phi) is 5.42. The number of carbonyl (C=O) groups is 1. The Morgan fingerprint density at radius 2 is 2.05 bits per heavy atom. The Bertz CT molecular complexity index is 647. The second-order valence-corrected chi connectivity index (χ2v) is 5.28. The first-order valence-electron chi connectivity index (χ1n) is 6.56. The summed E-state index contributed by atoms with van der Waals surface area (Å²) in [7, 11) is 0. The van der Waals surface area contributed by atoms with Crippen LogP contribution in [0, 0.1) is 0 Å². The van der Waals surface area contributed by atoms with Crippen LogP contribution in [0.3, 0.4) is 0 Å². The van der Waals surface area contributed by atoms with Gasteiger partial charge in [0, 0.05) is 23.3 Å². The maximum Gasteiger partial charge on any atom is 0.255 e. The highest BCUT2D eigenvalue weighted by molar-refractivity contribution is 6.35. The molecular formula is C15H15Cl2N3O. The lowest BCUT2D eigenvalue weighted by molar-refractivity contribution is 0.102. The van der Waals surface area contributed by atoms with Crippen LogP contribution in [-0.2, 0) is 0 Å². The lowest BCUT2D eigenvalue weighted by Gasteiger charge is -2.09. The number of hydrogen-bond acceptors (Lipinski definition) is 3. The molecule has 1 aromatic carbocycles. The first-order chi connectivity index (χ1) is 10.1. The fourth-order valence-electron chi connectivity index (χ4n) is 1.71. The molecule has 0 aliphatic heterocycles. The molecule has 6 heteroatoms. The van der Waals surface area contributed by atoms with E-state index in [9.17, 15) is 4.79 Å². The molecule has 2 rings (SSSR count). The molecule has 2 aromatic rings. The molecule has 1 aromatic heterocycles. The van der Waals surface area contributed by atoms with Crippen molar-refractivity contribution in [3.05, 3.63) is 52.1 Å². The molecule has 0 saturated carbocycles. The highest BCUT2D eigenvalue weighted by Gasteiger charge is 2.10. The molecule has 2 N–H and O–H groups in total. The zero-order valence-corrected chi connectivity index (χ0v) is 13.0. The first-order valence-corrected chi connectivity index (χ1v) is 7.32. The van der Waals surface area contributed by atoms with E-state index < -0.39 is 0 Å². The van der Waals surface area contributed by atoms with Crippen molar-refractivity contribution in [2.45, 2.75) is 13.3 Å². The van der Waals surface area contributed by atoms with Gasteiger partial charge in [0.15, 0.2) is 0 Å². The van der Waals surface area contributed by atoms with E-state index in [1.165, 1.54) is 0 Å². The fraction of sp³-hybridized carbons (Fsp3) is 0.200. The van der Waals surface area contributed by atoms with E-state index in [1.807, 2.05) is 0 Å². The molecule has 0 unspecified atom stereocenters. The third kappa shape index (κ3) is 4.34. The number of hydrogen-bond donors (Lipinski definition) is 2. The number of rotatable bonds is 5. The predicted octanol–water partition coefficient (Wildman–Crippen LogP) is 4.46. The molecule has 0 spiro atoms. The molecule has 0 bridgehead atoms. The molecule has 1 amide bonds. The maximum absolute atomic E-state index is 12.2. The second-order valence-electron chi connectivity index (χ2n) is 4.43. The summed E-state index contributed by atoms with van der Waals surface area (Å²) < 4.78 is 0. The van der Waals surface area contributed by atoms with Crippen LogP contribution in [0.25, 0.3) is 0 Å². The van der Waals surface area contributed by atoms with Crippen LogP contribution >= 0.6 is 23.2 Å². The van der Waals surface area contributed by atoms with Crippen molar-refractivity contribution < 1.29 is 4.79 Å². The largest absolute Gasteiger partial charge is 0.370 e. The molecule has 0 aliphatic carbocycles. The van der Waals surface area contributed by atoms with Gasteiger partial charge in [0.05, 0.1) is 10.7 Å². The van der Waals surface area contributed by atoms with E-state index in [1.54, 1.807) is 36.5 Å². The summed E-state index contributed by atoms with van der Waals surface area (Å²) in [6.45, 7) is 2.86. The summed E-state index contributed by atoms with van der Waals surface area (Å²) in [5, 5.41) is 6.82. The van der Waals surface area contributed by atoms with Crippen LogP contribution in [0.4, 0.5) is 11.5 Å². The van der Waals surface area contributed by atoms with Crippen LogP contribution in [0.15, 0.2) is 36.5 Å². The third-order valence-electron chi connectivity index (χ3n) is 2.75. The zero-order chi connectivity index (χ0) is 15.2. The summed E-state index contributed by atoms with van der Waals surface area (Å²) >= 11 is 11.9. The Morgan fingerprint density at radius 1 is 1.24 bits per heavy atom. The molecule has 1 heterocycles. The van der Waals surface area contributed by atoms with Crippen molar-refractivity contribution >= 4 is 40.6 Å². The average molecular weight is 324 g/mol. The molecule has 0 radical (unpaired) electrons. The Labute approximate surface area is 133 Å². The number of benzene rings is 1. The van der Waals surface area contributed by atoms with Gasteiger partial charge in [0.25, 0.3) is 5.91 Å².